The Bertz CT molecular complexity index is 361. The van der Waals surface area contributed by atoms with Crippen molar-refractivity contribution >= 4 is 5.91 Å². The van der Waals surface area contributed by atoms with E-state index in [4.69, 9.17) is 11.5 Å². The second kappa shape index (κ2) is 4.94. The Morgan fingerprint density at radius 2 is 2.07 bits per heavy atom. The average Bonchev–Trinajstić information content (AvgIpc) is 2.18. The molecule has 1 aromatic carbocycles. The van der Waals surface area contributed by atoms with Crippen LogP contribution in [-0.2, 0) is 4.79 Å². The van der Waals surface area contributed by atoms with Gasteiger partial charge < -0.3 is 11.5 Å². The smallest absolute Gasteiger partial charge is 0.217 e. The Balaban J connectivity index is 2.76. The van der Waals surface area contributed by atoms with Crippen LogP contribution in [0.1, 0.15) is 35.6 Å². The molecule has 0 saturated heterocycles. The molecule has 0 aromatic heterocycles. The van der Waals surface area contributed by atoms with E-state index in [2.05, 4.69) is 18.2 Å². The quantitative estimate of drug-likeness (QED) is 0.785. The lowest BCUT2D eigenvalue weighted by molar-refractivity contribution is -0.118. The molecule has 3 nitrogen and oxygen atoms in total. The molecule has 15 heavy (non-hydrogen) atoms. The summed E-state index contributed by atoms with van der Waals surface area (Å²) in [5.41, 5.74) is 14.6. The normalized spacial score (nSPS) is 12.5. The van der Waals surface area contributed by atoms with E-state index in [-0.39, 0.29) is 11.9 Å². The number of nitrogens with two attached hydrogens (primary N) is 2. The third-order valence-corrected chi connectivity index (χ3v) is 2.54. The minimum atomic E-state index is -0.296. The summed E-state index contributed by atoms with van der Waals surface area (Å²) in [7, 11) is 0. The maximum absolute atomic E-state index is 10.7. The molecule has 1 rings (SSSR count). The first-order valence-electron chi connectivity index (χ1n) is 5.11. The molecule has 0 heterocycles. The van der Waals surface area contributed by atoms with Gasteiger partial charge in [-0.2, -0.15) is 0 Å². The number of carbonyl (C=O) groups is 1. The second-order valence-electron chi connectivity index (χ2n) is 3.97. The largest absolute Gasteiger partial charge is 0.370 e. The zero-order valence-corrected chi connectivity index (χ0v) is 9.29. The molecule has 1 atom stereocenters. The lowest BCUT2D eigenvalue weighted by Crippen LogP contribution is -2.17. The topological polar surface area (TPSA) is 69.1 Å². The SMILES string of the molecule is Cc1ccc(C)c(C(N)CCC(N)=O)c1. The van der Waals surface area contributed by atoms with E-state index in [0.717, 1.165) is 11.1 Å². The lowest BCUT2D eigenvalue weighted by atomic mass is 9.96. The van der Waals surface area contributed by atoms with Crippen LogP contribution >= 0.6 is 0 Å². The molecule has 0 aliphatic rings. The van der Waals surface area contributed by atoms with Gasteiger partial charge in [0.05, 0.1) is 0 Å². The number of primary amides is 1. The summed E-state index contributed by atoms with van der Waals surface area (Å²) in [6.07, 6.45) is 0.953. The van der Waals surface area contributed by atoms with Gasteiger partial charge in [-0.25, -0.2) is 0 Å². The summed E-state index contributed by atoms with van der Waals surface area (Å²) in [5, 5.41) is 0. The van der Waals surface area contributed by atoms with E-state index in [0.29, 0.717) is 12.8 Å². The van der Waals surface area contributed by atoms with Crippen LogP contribution in [0.25, 0.3) is 0 Å². The predicted molar refractivity (Wildman–Crippen MR) is 61.3 cm³/mol. The molecule has 1 unspecified atom stereocenters. The van der Waals surface area contributed by atoms with Crippen LogP contribution in [-0.4, -0.2) is 5.91 Å². The highest BCUT2D eigenvalue weighted by Crippen LogP contribution is 2.20. The van der Waals surface area contributed by atoms with Gasteiger partial charge >= 0.3 is 0 Å². The summed E-state index contributed by atoms with van der Waals surface area (Å²) in [4.78, 5) is 10.7. The summed E-state index contributed by atoms with van der Waals surface area (Å²) in [6, 6.07) is 6.08. The number of hydrogen-bond acceptors (Lipinski definition) is 2. The Hall–Kier alpha value is -1.35. The van der Waals surface area contributed by atoms with Crippen LogP contribution in [0.15, 0.2) is 18.2 Å². The first kappa shape index (κ1) is 11.7. The van der Waals surface area contributed by atoms with E-state index in [1.807, 2.05) is 13.8 Å². The molecule has 0 aliphatic carbocycles. The Morgan fingerprint density at radius 3 is 2.67 bits per heavy atom. The summed E-state index contributed by atoms with van der Waals surface area (Å²) in [6.45, 7) is 4.06. The fourth-order valence-corrected chi connectivity index (χ4v) is 1.61. The molecule has 1 aromatic rings. The zero-order chi connectivity index (χ0) is 11.4. The van der Waals surface area contributed by atoms with Crippen LogP contribution < -0.4 is 11.5 Å². The lowest BCUT2D eigenvalue weighted by Gasteiger charge is -2.14. The molecule has 3 heteroatoms. The van der Waals surface area contributed by atoms with Gasteiger partial charge in [-0.3, -0.25) is 4.79 Å². The van der Waals surface area contributed by atoms with Gasteiger partial charge in [0, 0.05) is 12.5 Å². The van der Waals surface area contributed by atoms with Gasteiger partial charge in [-0.05, 0) is 31.4 Å². The minimum Gasteiger partial charge on any atom is -0.370 e. The highest BCUT2D eigenvalue weighted by molar-refractivity contribution is 5.73. The van der Waals surface area contributed by atoms with Gasteiger partial charge in [-0.1, -0.05) is 23.8 Å². The molecule has 0 bridgehead atoms. The van der Waals surface area contributed by atoms with Crippen LogP contribution in [0, 0.1) is 13.8 Å². The highest BCUT2D eigenvalue weighted by Gasteiger charge is 2.10. The van der Waals surface area contributed by atoms with Gasteiger partial charge in [0.2, 0.25) is 5.91 Å². The molecule has 0 spiro atoms. The number of amides is 1. The van der Waals surface area contributed by atoms with E-state index in [1.165, 1.54) is 5.56 Å². The van der Waals surface area contributed by atoms with E-state index in [9.17, 15) is 4.79 Å². The van der Waals surface area contributed by atoms with Crippen molar-refractivity contribution in [1.82, 2.24) is 0 Å². The number of aryl methyl sites for hydroxylation is 2. The number of hydrogen-bond donors (Lipinski definition) is 2. The van der Waals surface area contributed by atoms with Crippen molar-refractivity contribution in [2.75, 3.05) is 0 Å². The number of benzene rings is 1. The molecule has 82 valence electrons. The minimum absolute atomic E-state index is 0.0996. The van der Waals surface area contributed by atoms with E-state index < -0.39 is 0 Å². The van der Waals surface area contributed by atoms with Crippen molar-refractivity contribution in [2.24, 2.45) is 11.5 Å². The highest BCUT2D eigenvalue weighted by atomic mass is 16.1. The van der Waals surface area contributed by atoms with Crippen molar-refractivity contribution in [1.29, 1.82) is 0 Å². The molecular weight excluding hydrogens is 188 g/mol. The van der Waals surface area contributed by atoms with Gasteiger partial charge in [0.25, 0.3) is 0 Å². The zero-order valence-electron chi connectivity index (χ0n) is 9.29. The van der Waals surface area contributed by atoms with Crippen molar-refractivity contribution in [3.05, 3.63) is 34.9 Å². The maximum atomic E-state index is 10.7. The molecule has 0 aliphatic heterocycles. The van der Waals surface area contributed by atoms with Crippen molar-refractivity contribution in [3.8, 4) is 0 Å². The fourth-order valence-electron chi connectivity index (χ4n) is 1.61. The number of rotatable bonds is 4. The average molecular weight is 206 g/mol. The Kier molecular flexibility index (Phi) is 3.86. The van der Waals surface area contributed by atoms with Crippen LogP contribution in [0.2, 0.25) is 0 Å². The molecule has 0 saturated carbocycles. The summed E-state index contributed by atoms with van der Waals surface area (Å²) in [5.74, 6) is -0.296. The van der Waals surface area contributed by atoms with Crippen molar-refractivity contribution in [3.63, 3.8) is 0 Å². The van der Waals surface area contributed by atoms with Gasteiger partial charge in [-0.15, -0.1) is 0 Å². The second-order valence-corrected chi connectivity index (χ2v) is 3.97. The van der Waals surface area contributed by atoms with Crippen molar-refractivity contribution in [2.45, 2.75) is 32.7 Å². The summed E-state index contributed by atoms with van der Waals surface area (Å²) < 4.78 is 0. The number of carbonyl (C=O) groups excluding carboxylic acids is 1. The van der Waals surface area contributed by atoms with Crippen molar-refractivity contribution < 1.29 is 4.79 Å². The van der Waals surface area contributed by atoms with Gasteiger partial charge in [0.15, 0.2) is 0 Å². The predicted octanol–water partition coefficient (Wildman–Crippen LogP) is 1.57. The fraction of sp³-hybridized carbons (Fsp3) is 0.417. The molecule has 0 radical (unpaired) electrons. The molecular formula is C12H18N2O. The third kappa shape index (κ3) is 3.36. The standard InChI is InChI=1S/C12H18N2O/c1-8-3-4-9(2)10(7-8)11(13)5-6-12(14)15/h3-4,7,11H,5-6,13H2,1-2H3,(H2,14,15). The molecule has 4 N–H and O–H groups in total. The maximum Gasteiger partial charge on any atom is 0.217 e. The Morgan fingerprint density at radius 1 is 1.40 bits per heavy atom. The Labute approximate surface area is 90.5 Å². The van der Waals surface area contributed by atoms with Crippen LogP contribution in [0.3, 0.4) is 0 Å². The first-order valence-corrected chi connectivity index (χ1v) is 5.11. The molecule has 1 amide bonds. The third-order valence-electron chi connectivity index (χ3n) is 2.54. The summed E-state index contributed by atoms with van der Waals surface area (Å²) >= 11 is 0. The monoisotopic (exact) mass is 206 g/mol. The van der Waals surface area contributed by atoms with Gasteiger partial charge in [0.1, 0.15) is 0 Å². The van der Waals surface area contributed by atoms with Crippen LogP contribution in [0.5, 0.6) is 0 Å². The van der Waals surface area contributed by atoms with E-state index >= 15 is 0 Å². The molecule has 0 fully saturated rings. The van der Waals surface area contributed by atoms with E-state index in [1.54, 1.807) is 0 Å². The van der Waals surface area contributed by atoms with Crippen LogP contribution in [0.4, 0.5) is 0 Å². The first-order chi connectivity index (χ1) is 7.00.